The van der Waals surface area contributed by atoms with E-state index < -0.39 is 11.9 Å². The van der Waals surface area contributed by atoms with Crippen molar-refractivity contribution in [3.05, 3.63) is 100 Å². The number of ether oxygens (including phenoxy) is 2. The van der Waals surface area contributed by atoms with Gasteiger partial charge in [0.25, 0.3) is 0 Å². The van der Waals surface area contributed by atoms with Crippen LogP contribution in [0.2, 0.25) is 0 Å². The summed E-state index contributed by atoms with van der Waals surface area (Å²) in [7, 11) is 2.85. The molecule has 1 aliphatic carbocycles. The molecule has 1 aliphatic rings. The summed E-state index contributed by atoms with van der Waals surface area (Å²) in [4.78, 5) is 12.5. The molecule has 5 heteroatoms. The van der Waals surface area contributed by atoms with Gasteiger partial charge in [0, 0.05) is 12.3 Å². The fraction of sp³-hybridized carbons (Fsp3) is 0.208. The molecule has 0 unspecified atom stereocenters. The monoisotopic (exact) mass is 396 g/mol. The van der Waals surface area contributed by atoms with E-state index in [9.17, 15) is 13.6 Å². The van der Waals surface area contributed by atoms with E-state index in [0.29, 0.717) is 24.2 Å². The van der Waals surface area contributed by atoms with E-state index in [0.717, 1.165) is 16.7 Å². The standard InChI is InChI=1S/C24H22F2O3/c1-28-22-14-7-17(4-3-16-5-10-19(25)11-6-16)15-21(23(22)24(27)29-2)18-8-12-20(26)13-9-18/h3-6,8-13,15,21H,7,14H2,1-2H3/b4-3-/t21-/m1/s1. The molecular formula is C24H22F2O3. The molecule has 0 radical (unpaired) electrons. The third kappa shape index (κ3) is 4.99. The molecule has 3 nitrogen and oxygen atoms in total. The Morgan fingerprint density at radius 1 is 0.931 bits per heavy atom. The highest BCUT2D eigenvalue weighted by atomic mass is 19.1. The Balaban J connectivity index is 2.02. The average molecular weight is 396 g/mol. The molecule has 0 spiro atoms. The Morgan fingerprint density at radius 3 is 2.14 bits per heavy atom. The molecule has 0 bridgehead atoms. The average Bonchev–Trinajstić information content (AvgIpc) is 2.93. The number of rotatable bonds is 5. The van der Waals surface area contributed by atoms with Crippen LogP contribution in [0.5, 0.6) is 0 Å². The number of allylic oxidation sites excluding steroid dienone is 4. The van der Waals surface area contributed by atoms with E-state index in [2.05, 4.69) is 0 Å². The Bertz CT molecular complexity index is 955. The predicted octanol–water partition coefficient (Wildman–Crippen LogP) is 5.56. The van der Waals surface area contributed by atoms with Gasteiger partial charge in [-0.2, -0.15) is 0 Å². The summed E-state index contributed by atoms with van der Waals surface area (Å²) in [6.45, 7) is 0. The molecule has 0 N–H and O–H groups in total. The predicted molar refractivity (Wildman–Crippen MR) is 108 cm³/mol. The van der Waals surface area contributed by atoms with Crippen LogP contribution in [0.4, 0.5) is 8.78 Å². The lowest BCUT2D eigenvalue weighted by molar-refractivity contribution is -0.136. The normalized spacial score (nSPS) is 17.1. The lowest BCUT2D eigenvalue weighted by Crippen LogP contribution is -2.15. The van der Waals surface area contributed by atoms with Crippen molar-refractivity contribution in [3.63, 3.8) is 0 Å². The summed E-state index contributed by atoms with van der Waals surface area (Å²) in [6, 6.07) is 12.2. The van der Waals surface area contributed by atoms with E-state index in [1.807, 2.05) is 18.2 Å². The summed E-state index contributed by atoms with van der Waals surface area (Å²) in [5.41, 5.74) is 3.02. The molecule has 0 heterocycles. The minimum Gasteiger partial charge on any atom is -0.500 e. The molecule has 0 saturated carbocycles. The number of hydrogen-bond acceptors (Lipinski definition) is 3. The van der Waals surface area contributed by atoms with Crippen LogP contribution in [0, 0.1) is 11.6 Å². The van der Waals surface area contributed by atoms with Crippen molar-refractivity contribution < 1.29 is 23.0 Å². The van der Waals surface area contributed by atoms with Crippen molar-refractivity contribution in [2.45, 2.75) is 18.8 Å². The maximum absolute atomic E-state index is 13.4. The lowest BCUT2D eigenvalue weighted by Gasteiger charge is -2.18. The van der Waals surface area contributed by atoms with Gasteiger partial charge in [-0.05, 0) is 41.8 Å². The number of carbonyl (C=O) groups excluding carboxylic acids is 1. The highest BCUT2D eigenvalue weighted by Crippen LogP contribution is 2.36. The zero-order valence-electron chi connectivity index (χ0n) is 16.3. The second-order valence-electron chi connectivity index (χ2n) is 6.69. The smallest absolute Gasteiger partial charge is 0.338 e. The molecule has 0 amide bonds. The van der Waals surface area contributed by atoms with Crippen LogP contribution in [-0.2, 0) is 14.3 Å². The molecule has 0 aliphatic heterocycles. The topological polar surface area (TPSA) is 35.5 Å². The third-order valence-electron chi connectivity index (χ3n) is 4.87. The van der Waals surface area contributed by atoms with E-state index in [1.54, 1.807) is 24.3 Å². The summed E-state index contributed by atoms with van der Waals surface area (Å²) >= 11 is 0. The highest BCUT2D eigenvalue weighted by molar-refractivity contribution is 5.91. The number of carbonyl (C=O) groups is 1. The highest BCUT2D eigenvalue weighted by Gasteiger charge is 2.29. The van der Waals surface area contributed by atoms with Crippen LogP contribution in [0.15, 0.2) is 77.6 Å². The van der Waals surface area contributed by atoms with Crippen molar-refractivity contribution in [1.82, 2.24) is 0 Å². The fourth-order valence-electron chi connectivity index (χ4n) is 3.36. The first kappa shape index (κ1) is 20.5. The molecule has 0 saturated heterocycles. The summed E-state index contributed by atoms with van der Waals surface area (Å²) in [5, 5.41) is 0. The van der Waals surface area contributed by atoms with Crippen molar-refractivity contribution in [1.29, 1.82) is 0 Å². The van der Waals surface area contributed by atoms with Crippen LogP contribution in [-0.4, -0.2) is 20.2 Å². The molecule has 3 rings (SSSR count). The largest absolute Gasteiger partial charge is 0.500 e. The van der Waals surface area contributed by atoms with Gasteiger partial charge >= 0.3 is 5.97 Å². The first-order valence-corrected chi connectivity index (χ1v) is 9.27. The molecule has 2 aromatic rings. The Labute approximate surface area is 169 Å². The first-order valence-electron chi connectivity index (χ1n) is 9.27. The van der Waals surface area contributed by atoms with Crippen LogP contribution in [0.3, 0.4) is 0 Å². The van der Waals surface area contributed by atoms with Gasteiger partial charge in [-0.25, -0.2) is 13.6 Å². The molecule has 2 aromatic carbocycles. The van der Waals surface area contributed by atoms with Gasteiger partial charge in [0.1, 0.15) is 17.4 Å². The minimum absolute atomic E-state index is 0.288. The van der Waals surface area contributed by atoms with Gasteiger partial charge in [0.05, 0.1) is 19.8 Å². The minimum atomic E-state index is -0.476. The van der Waals surface area contributed by atoms with Crippen molar-refractivity contribution in [2.24, 2.45) is 0 Å². The zero-order chi connectivity index (χ0) is 20.8. The van der Waals surface area contributed by atoms with Crippen molar-refractivity contribution in [2.75, 3.05) is 14.2 Å². The number of methoxy groups -OCH3 is 2. The molecule has 150 valence electrons. The summed E-state index contributed by atoms with van der Waals surface area (Å²) in [5.74, 6) is -1.00. The van der Waals surface area contributed by atoms with Gasteiger partial charge < -0.3 is 9.47 Å². The Kier molecular flexibility index (Phi) is 6.60. The second-order valence-corrected chi connectivity index (χ2v) is 6.69. The van der Waals surface area contributed by atoms with Crippen LogP contribution in [0.1, 0.15) is 29.9 Å². The fourth-order valence-corrected chi connectivity index (χ4v) is 3.36. The van der Waals surface area contributed by atoms with E-state index in [-0.39, 0.29) is 11.6 Å². The second kappa shape index (κ2) is 9.32. The van der Waals surface area contributed by atoms with Gasteiger partial charge in [-0.3, -0.25) is 0 Å². The van der Waals surface area contributed by atoms with E-state index in [1.165, 1.54) is 38.5 Å². The first-order chi connectivity index (χ1) is 14.0. The van der Waals surface area contributed by atoms with Gasteiger partial charge in [-0.15, -0.1) is 0 Å². The number of hydrogen-bond donors (Lipinski definition) is 0. The SMILES string of the molecule is COC(=O)C1=C(OC)CCC(/C=C\c2ccc(F)cc2)=C[C@@H]1c1ccc(F)cc1. The van der Waals surface area contributed by atoms with E-state index >= 15 is 0 Å². The summed E-state index contributed by atoms with van der Waals surface area (Å²) in [6.07, 6.45) is 6.97. The van der Waals surface area contributed by atoms with Gasteiger partial charge in [0.2, 0.25) is 0 Å². The Morgan fingerprint density at radius 2 is 1.55 bits per heavy atom. The number of esters is 1. The van der Waals surface area contributed by atoms with Gasteiger partial charge in [0.15, 0.2) is 0 Å². The third-order valence-corrected chi connectivity index (χ3v) is 4.87. The molecular weight excluding hydrogens is 374 g/mol. The molecule has 1 atom stereocenters. The van der Waals surface area contributed by atoms with Crippen molar-refractivity contribution >= 4 is 12.0 Å². The maximum atomic E-state index is 13.4. The van der Waals surface area contributed by atoms with Crippen LogP contribution < -0.4 is 0 Å². The zero-order valence-corrected chi connectivity index (χ0v) is 16.3. The van der Waals surface area contributed by atoms with Crippen LogP contribution >= 0.6 is 0 Å². The number of benzene rings is 2. The number of halogens is 2. The quantitative estimate of drug-likeness (QED) is 0.621. The summed E-state index contributed by atoms with van der Waals surface area (Å²) < 4.78 is 37.0. The Hall–Kier alpha value is -3.21. The van der Waals surface area contributed by atoms with Crippen LogP contribution in [0.25, 0.3) is 6.08 Å². The van der Waals surface area contributed by atoms with E-state index in [4.69, 9.17) is 9.47 Å². The van der Waals surface area contributed by atoms with Gasteiger partial charge in [-0.1, -0.05) is 48.1 Å². The maximum Gasteiger partial charge on any atom is 0.338 e. The van der Waals surface area contributed by atoms with Crippen molar-refractivity contribution in [3.8, 4) is 0 Å². The molecule has 0 fully saturated rings. The molecule has 29 heavy (non-hydrogen) atoms. The molecule has 0 aromatic heterocycles. The lowest BCUT2D eigenvalue weighted by atomic mass is 9.89.